The molecule has 0 spiro atoms. The van der Waals surface area contributed by atoms with Gasteiger partial charge in [-0.2, -0.15) is 0 Å². The normalized spacial score (nSPS) is 27.4. The molecule has 0 aromatic heterocycles. The molecule has 1 aromatic rings. The van der Waals surface area contributed by atoms with Crippen LogP contribution in [-0.4, -0.2) is 13.1 Å². The summed E-state index contributed by atoms with van der Waals surface area (Å²) in [5, 5.41) is 3.56. The van der Waals surface area contributed by atoms with Crippen LogP contribution in [0.5, 0.6) is 0 Å². The molecule has 19 heavy (non-hydrogen) atoms. The van der Waals surface area contributed by atoms with Gasteiger partial charge < -0.3 is 5.32 Å². The van der Waals surface area contributed by atoms with E-state index in [1.165, 1.54) is 31.4 Å². The Morgan fingerprint density at radius 3 is 2.47 bits per heavy atom. The van der Waals surface area contributed by atoms with E-state index in [4.69, 9.17) is 0 Å². The second-order valence-corrected chi connectivity index (χ2v) is 6.19. The second kappa shape index (κ2) is 7.09. The van der Waals surface area contributed by atoms with Crippen molar-refractivity contribution in [1.29, 1.82) is 0 Å². The SMILES string of the molecule is CCNCC1CCC(C)CC1c1ccc(CC)cc1. The van der Waals surface area contributed by atoms with Gasteiger partial charge in [0.2, 0.25) is 0 Å². The Kier molecular flexibility index (Phi) is 5.45. The van der Waals surface area contributed by atoms with Gasteiger partial charge in [-0.15, -0.1) is 0 Å². The van der Waals surface area contributed by atoms with E-state index in [1.54, 1.807) is 5.56 Å². The van der Waals surface area contributed by atoms with Gasteiger partial charge in [0, 0.05) is 0 Å². The maximum Gasteiger partial charge on any atom is -0.00148 e. The second-order valence-electron chi connectivity index (χ2n) is 6.19. The number of hydrogen-bond donors (Lipinski definition) is 1. The first-order valence-corrected chi connectivity index (χ1v) is 8.04. The molecule has 0 heterocycles. The van der Waals surface area contributed by atoms with Crippen molar-refractivity contribution in [2.45, 2.75) is 52.4 Å². The Bertz CT molecular complexity index is 366. The highest BCUT2D eigenvalue weighted by Crippen LogP contribution is 2.40. The molecule has 1 N–H and O–H groups in total. The van der Waals surface area contributed by atoms with Crippen molar-refractivity contribution in [3.8, 4) is 0 Å². The molecule has 0 saturated heterocycles. The predicted octanol–water partition coefficient (Wildman–Crippen LogP) is 4.38. The number of benzene rings is 1. The fourth-order valence-corrected chi connectivity index (χ4v) is 3.43. The Labute approximate surface area is 118 Å². The number of nitrogens with one attached hydrogen (secondary N) is 1. The molecule has 0 bridgehead atoms. The van der Waals surface area contributed by atoms with Crippen LogP contribution in [-0.2, 0) is 6.42 Å². The van der Waals surface area contributed by atoms with E-state index in [1.807, 2.05) is 0 Å². The van der Waals surface area contributed by atoms with Gasteiger partial charge in [0.05, 0.1) is 0 Å². The molecule has 3 unspecified atom stereocenters. The maximum atomic E-state index is 3.56. The summed E-state index contributed by atoms with van der Waals surface area (Å²) in [5.41, 5.74) is 3.02. The Morgan fingerprint density at radius 1 is 1.11 bits per heavy atom. The van der Waals surface area contributed by atoms with E-state index in [0.717, 1.165) is 30.7 Å². The van der Waals surface area contributed by atoms with Gasteiger partial charge in [0.25, 0.3) is 0 Å². The summed E-state index contributed by atoms with van der Waals surface area (Å²) in [4.78, 5) is 0. The average Bonchev–Trinajstić information content (AvgIpc) is 2.46. The van der Waals surface area contributed by atoms with Crippen LogP contribution in [0.4, 0.5) is 0 Å². The zero-order valence-electron chi connectivity index (χ0n) is 12.8. The zero-order chi connectivity index (χ0) is 13.7. The van der Waals surface area contributed by atoms with Crippen molar-refractivity contribution >= 4 is 0 Å². The molecule has 1 saturated carbocycles. The van der Waals surface area contributed by atoms with Crippen molar-refractivity contribution < 1.29 is 0 Å². The van der Waals surface area contributed by atoms with Gasteiger partial charge in [0.15, 0.2) is 0 Å². The summed E-state index contributed by atoms with van der Waals surface area (Å²) in [6.45, 7) is 9.12. The Morgan fingerprint density at radius 2 is 1.84 bits per heavy atom. The minimum atomic E-state index is 0.758. The lowest BCUT2D eigenvalue weighted by Crippen LogP contribution is -2.31. The smallest absolute Gasteiger partial charge is 0.00148 e. The number of aryl methyl sites for hydroxylation is 1. The number of rotatable bonds is 5. The maximum absolute atomic E-state index is 3.56. The summed E-state index contributed by atoms with van der Waals surface area (Å²) in [6.07, 6.45) is 5.29. The quantitative estimate of drug-likeness (QED) is 0.827. The van der Waals surface area contributed by atoms with E-state index in [-0.39, 0.29) is 0 Å². The average molecular weight is 259 g/mol. The highest BCUT2D eigenvalue weighted by molar-refractivity contribution is 5.26. The molecule has 1 aromatic carbocycles. The molecule has 106 valence electrons. The van der Waals surface area contributed by atoms with E-state index in [9.17, 15) is 0 Å². The molecule has 1 aliphatic rings. The van der Waals surface area contributed by atoms with Crippen molar-refractivity contribution in [3.05, 3.63) is 35.4 Å². The highest BCUT2D eigenvalue weighted by Gasteiger charge is 2.29. The summed E-state index contributed by atoms with van der Waals surface area (Å²) >= 11 is 0. The molecule has 0 radical (unpaired) electrons. The predicted molar refractivity (Wildman–Crippen MR) is 83.6 cm³/mol. The lowest BCUT2D eigenvalue weighted by molar-refractivity contribution is 0.242. The van der Waals surface area contributed by atoms with Crippen molar-refractivity contribution in [2.24, 2.45) is 11.8 Å². The third-order valence-corrected chi connectivity index (χ3v) is 4.73. The molecular formula is C18H29N. The van der Waals surface area contributed by atoms with Gasteiger partial charge in [0.1, 0.15) is 0 Å². The van der Waals surface area contributed by atoms with Crippen LogP contribution in [0.2, 0.25) is 0 Å². The molecule has 0 amide bonds. The van der Waals surface area contributed by atoms with Crippen LogP contribution in [0.3, 0.4) is 0 Å². The molecule has 1 aliphatic carbocycles. The first-order valence-electron chi connectivity index (χ1n) is 8.04. The fraction of sp³-hybridized carbons (Fsp3) is 0.667. The fourth-order valence-electron chi connectivity index (χ4n) is 3.43. The first kappa shape index (κ1) is 14.6. The van der Waals surface area contributed by atoms with Crippen molar-refractivity contribution in [2.75, 3.05) is 13.1 Å². The van der Waals surface area contributed by atoms with Crippen molar-refractivity contribution in [3.63, 3.8) is 0 Å². The van der Waals surface area contributed by atoms with Crippen LogP contribution in [0.1, 0.15) is 57.1 Å². The first-order chi connectivity index (χ1) is 9.24. The van der Waals surface area contributed by atoms with Crippen LogP contribution in [0, 0.1) is 11.8 Å². The summed E-state index contributed by atoms with van der Waals surface area (Å²) < 4.78 is 0. The third-order valence-electron chi connectivity index (χ3n) is 4.73. The topological polar surface area (TPSA) is 12.0 Å². The van der Waals surface area contributed by atoms with Gasteiger partial charge in [-0.1, -0.05) is 51.5 Å². The monoisotopic (exact) mass is 259 g/mol. The number of hydrogen-bond acceptors (Lipinski definition) is 1. The van der Waals surface area contributed by atoms with Gasteiger partial charge >= 0.3 is 0 Å². The molecule has 1 heteroatoms. The van der Waals surface area contributed by atoms with Crippen molar-refractivity contribution in [1.82, 2.24) is 5.32 Å². The molecule has 1 nitrogen and oxygen atoms in total. The summed E-state index contributed by atoms with van der Waals surface area (Å²) in [5.74, 6) is 2.46. The lowest BCUT2D eigenvalue weighted by Gasteiger charge is -2.35. The largest absolute Gasteiger partial charge is 0.317 e. The summed E-state index contributed by atoms with van der Waals surface area (Å²) in [7, 11) is 0. The van der Waals surface area contributed by atoms with E-state index in [0.29, 0.717) is 0 Å². The van der Waals surface area contributed by atoms with Gasteiger partial charge in [-0.3, -0.25) is 0 Å². The molecule has 0 aliphatic heterocycles. The molecule has 1 fully saturated rings. The van der Waals surface area contributed by atoms with E-state index < -0.39 is 0 Å². The molecular weight excluding hydrogens is 230 g/mol. The molecule has 3 atom stereocenters. The van der Waals surface area contributed by atoms with Crippen LogP contribution in [0.15, 0.2) is 24.3 Å². The Hall–Kier alpha value is -0.820. The summed E-state index contributed by atoms with van der Waals surface area (Å²) in [6, 6.07) is 9.39. The van der Waals surface area contributed by atoms with E-state index >= 15 is 0 Å². The van der Waals surface area contributed by atoms with Crippen LogP contribution in [0.25, 0.3) is 0 Å². The highest BCUT2D eigenvalue weighted by atomic mass is 14.8. The van der Waals surface area contributed by atoms with Crippen LogP contribution < -0.4 is 5.32 Å². The van der Waals surface area contributed by atoms with E-state index in [2.05, 4.69) is 50.4 Å². The standard InChI is InChI=1S/C18H29N/c1-4-15-7-10-16(11-8-15)18-12-14(3)6-9-17(18)13-19-5-2/h7-8,10-11,14,17-19H,4-6,9,12-13H2,1-3H3. The third kappa shape index (κ3) is 3.82. The Balaban J connectivity index is 2.11. The van der Waals surface area contributed by atoms with Gasteiger partial charge in [-0.25, -0.2) is 0 Å². The molecule has 2 rings (SSSR count). The van der Waals surface area contributed by atoms with Gasteiger partial charge in [-0.05, 0) is 61.2 Å². The minimum Gasteiger partial charge on any atom is -0.317 e. The van der Waals surface area contributed by atoms with Crippen LogP contribution >= 0.6 is 0 Å². The zero-order valence-corrected chi connectivity index (χ0v) is 12.8. The minimum absolute atomic E-state index is 0.758. The lowest BCUT2D eigenvalue weighted by atomic mass is 9.71.